The number of hydrogen-bond acceptors (Lipinski definition) is 6. The molecule has 4 amide bonds. The van der Waals surface area contributed by atoms with Crippen molar-refractivity contribution in [1.82, 2.24) is 15.5 Å². The first-order chi connectivity index (χ1) is 13.4. The lowest BCUT2D eigenvalue weighted by Crippen LogP contribution is -2.54. The van der Waals surface area contributed by atoms with Crippen molar-refractivity contribution in [2.24, 2.45) is 0 Å². The van der Waals surface area contributed by atoms with Gasteiger partial charge in [0.2, 0.25) is 11.8 Å². The minimum Gasteiger partial charge on any atom is -0.365 e. The Labute approximate surface area is 160 Å². The van der Waals surface area contributed by atoms with Crippen LogP contribution in [0.5, 0.6) is 0 Å². The molecule has 0 aromatic heterocycles. The Hall–Kier alpha value is -2.81. The molecule has 2 N–H and O–H groups in total. The topological polar surface area (TPSA) is 98.8 Å². The molecule has 0 aliphatic carbocycles. The Kier molecular flexibility index (Phi) is 3.77. The number of piperidine rings is 1. The zero-order valence-corrected chi connectivity index (χ0v) is 15.0. The monoisotopic (exact) mass is 386 g/mol. The van der Waals surface area contributed by atoms with Crippen LogP contribution in [0.2, 0.25) is 0 Å². The highest BCUT2D eigenvalue weighted by Crippen LogP contribution is 2.37. The number of imide groups is 2. The number of rotatable bonds is 2. The normalized spacial score (nSPS) is 29.4. The van der Waals surface area contributed by atoms with Crippen LogP contribution in [0.3, 0.4) is 0 Å². The van der Waals surface area contributed by atoms with Crippen LogP contribution in [-0.4, -0.2) is 59.7 Å². The van der Waals surface area contributed by atoms with Crippen molar-refractivity contribution in [2.75, 3.05) is 18.0 Å². The highest BCUT2D eigenvalue weighted by atomic mass is 19.1. The van der Waals surface area contributed by atoms with Gasteiger partial charge in [0.15, 0.2) is 0 Å². The Morgan fingerprint density at radius 3 is 2.36 bits per heavy atom. The minimum atomic E-state index is -1.06. The van der Waals surface area contributed by atoms with E-state index in [9.17, 15) is 23.6 Å². The van der Waals surface area contributed by atoms with E-state index in [2.05, 4.69) is 10.6 Å². The molecule has 5 rings (SSSR count). The molecule has 8 nitrogen and oxygen atoms in total. The van der Waals surface area contributed by atoms with Gasteiger partial charge in [-0.25, -0.2) is 4.39 Å². The Morgan fingerprint density at radius 1 is 0.964 bits per heavy atom. The average molecular weight is 386 g/mol. The molecule has 146 valence electrons. The molecule has 4 aliphatic heterocycles. The number of carbonyl (C=O) groups excluding carboxylic acids is 4. The van der Waals surface area contributed by atoms with Crippen molar-refractivity contribution < 1.29 is 23.6 Å². The quantitative estimate of drug-likeness (QED) is 0.703. The van der Waals surface area contributed by atoms with E-state index in [1.54, 1.807) is 0 Å². The molecular weight excluding hydrogens is 367 g/mol. The lowest BCUT2D eigenvalue weighted by Gasteiger charge is -2.35. The number of halogens is 1. The Balaban J connectivity index is 1.54. The van der Waals surface area contributed by atoms with E-state index in [1.807, 2.05) is 4.90 Å². The molecule has 4 heterocycles. The van der Waals surface area contributed by atoms with Gasteiger partial charge in [-0.05, 0) is 31.4 Å². The fraction of sp³-hybridized carbons (Fsp3) is 0.474. The van der Waals surface area contributed by atoms with Gasteiger partial charge in [0.25, 0.3) is 11.8 Å². The van der Waals surface area contributed by atoms with E-state index in [0.717, 1.165) is 17.7 Å². The lowest BCUT2D eigenvalue weighted by molar-refractivity contribution is -0.136. The van der Waals surface area contributed by atoms with Gasteiger partial charge in [-0.3, -0.25) is 29.4 Å². The van der Waals surface area contributed by atoms with Crippen molar-refractivity contribution in [2.45, 2.75) is 43.8 Å². The van der Waals surface area contributed by atoms with Gasteiger partial charge in [-0.15, -0.1) is 0 Å². The summed E-state index contributed by atoms with van der Waals surface area (Å²) in [6.07, 6.45) is 2.11. The largest absolute Gasteiger partial charge is 0.365 e. The van der Waals surface area contributed by atoms with Crippen molar-refractivity contribution in [1.29, 1.82) is 0 Å². The van der Waals surface area contributed by atoms with Crippen molar-refractivity contribution >= 4 is 29.3 Å². The van der Waals surface area contributed by atoms with Crippen LogP contribution in [0.4, 0.5) is 10.1 Å². The van der Waals surface area contributed by atoms with Crippen LogP contribution in [0, 0.1) is 5.82 Å². The molecule has 1 aromatic rings. The fourth-order valence-electron chi connectivity index (χ4n) is 4.80. The first-order valence-corrected chi connectivity index (χ1v) is 9.49. The van der Waals surface area contributed by atoms with Crippen LogP contribution in [0.1, 0.15) is 46.4 Å². The van der Waals surface area contributed by atoms with E-state index in [-0.39, 0.29) is 41.7 Å². The summed E-state index contributed by atoms with van der Waals surface area (Å²) < 4.78 is 14.8. The summed E-state index contributed by atoms with van der Waals surface area (Å²) in [4.78, 5) is 52.4. The number of amides is 4. The number of hydrogen-bond donors (Lipinski definition) is 2. The molecule has 0 radical (unpaired) electrons. The molecule has 1 unspecified atom stereocenters. The molecule has 3 saturated heterocycles. The molecule has 0 spiro atoms. The smallest absolute Gasteiger partial charge is 0.264 e. The molecule has 0 saturated carbocycles. The van der Waals surface area contributed by atoms with Gasteiger partial charge in [0.1, 0.15) is 11.9 Å². The van der Waals surface area contributed by atoms with Crippen LogP contribution in [0.25, 0.3) is 0 Å². The van der Waals surface area contributed by atoms with Crippen LogP contribution in [-0.2, 0) is 9.59 Å². The third kappa shape index (κ3) is 2.46. The Bertz CT molecular complexity index is 921. The van der Waals surface area contributed by atoms with Crippen LogP contribution >= 0.6 is 0 Å². The van der Waals surface area contributed by atoms with Crippen molar-refractivity contribution in [3.63, 3.8) is 0 Å². The summed E-state index contributed by atoms with van der Waals surface area (Å²) in [6, 6.07) is 1.91. The molecule has 9 heteroatoms. The summed E-state index contributed by atoms with van der Waals surface area (Å²) in [7, 11) is 0. The fourth-order valence-corrected chi connectivity index (χ4v) is 4.80. The van der Waals surface area contributed by atoms with Gasteiger partial charge >= 0.3 is 0 Å². The third-order valence-electron chi connectivity index (χ3n) is 6.07. The number of nitrogens with one attached hydrogen (secondary N) is 2. The predicted molar refractivity (Wildman–Crippen MR) is 95.2 cm³/mol. The highest BCUT2D eigenvalue weighted by Gasteiger charge is 2.47. The maximum atomic E-state index is 14.8. The lowest BCUT2D eigenvalue weighted by atomic mass is 10.0. The molecular formula is C19H19FN4O4. The first-order valence-electron chi connectivity index (χ1n) is 9.49. The molecule has 2 bridgehead atoms. The minimum absolute atomic E-state index is 0.0241. The zero-order chi connectivity index (χ0) is 19.6. The maximum Gasteiger partial charge on any atom is 0.264 e. The number of piperazine rings is 1. The summed E-state index contributed by atoms with van der Waals surface area (Å²) in [5.74, 6) is -2.94. The van der Waals surface area contributed by atoms with E-state index < -0.39 is 35.5 Å². The predicted octanol–water partition coefficient (Wildman–Crippen LogP) is 0.168. The maximum absolute atomic E-state index is 14.8. The molecule has 28 heavy (non-hydrogen) atoms. The second-order valence-corrected chi connectivity index (χ2v) is 7.81. The second-order valence-electron chi connectivity index (χ2n) is 7.81. The summed E-state index contributed by atoms with van der Waals surface area (Å²) in [5, 5.41) is 5.62. The average Bonchev–Trinajstić information content (AvgIpc) is 3.12. The molecule has 1 aromatic carbocycles. The zero-order valence-electron chi connectivity index (χ0n) is 15.0. The molecule has 3 fully saturated rings. The van der Waals surface area contributed by atoms with E-state index in [0.29, 0.717) is 13.1 Å². The number of nitrogens with zero attached hydrogens (tertiary/aromatic N) is 2. The van der Waals surface area contributed by atoms with Gasteiger partial charge in [0.05, 0.1) is 16.8 Å². The van der Waals surface area contributed by atoms with E-state index in [1.165, 1.54) is 12.1 Å². The number of anilines is 1. The first kappa shape index (κ1) is 17.3. The van der Waals surface area contributed by atoms with Crippen LogP contribution < -0.4 is 15.5 Å². The third-order valence-corrected chi connectivity index (χ3v) is 6.07. The van der Waals surface area contributed by atoms with Gasteiger partial charge < -0.3 is 10.2 Å². The second kappa shape index (κ2) is 6.10. The van der Waals surface area contributed by atoms with Gasteiger partial charge in [-0.2, -0.15) is 0 Å². The number of fused-ring (bicyclic) bond motifs is 3. The standard InChI is InChI=1S/C19H19FN4O4/c20-12-4-3-11-15(16(12)23-7-9-1-2-10(8-23)21-9)19(28)24(18(11)27)13-5-6-14(25)22-17(13)26/h3-4,9-10,13,21H,1-2,5-8H2,(H,22,25,26)/t9-,10+,13?. The Morgan fingerprint density at radius 2 is 1.68 bits per heavy atom. The summed E-state index contributed by atoms with van der Waals surface area (Å²) in [6.45, 7) is 1.12. The summed E-state index contributed by atoms with van der Waals surface area (Å²) in [5.41, 5.74) is 0.275. The van der Waals surface area contributed by atoms with Gasteiger partial charge in [0, 0.05) is 31.6 Å². The van der Waals surface area contributed by atoms with Crippen molar-refractivity contribution in [3.8, 4) is 0 Å². The highest BCUT2D eigenvalue weighted by molar-refractivity contribution is 6.25. The van der Waals surface area contributed by atoms with E-state index in [4.69, 9.17) is 0 Å². The van der Waals surface area contributed by atoms with Gasteiger partial charge in [-0.1, -0.05) is 0 Å². The molecule has 4 aliphatic rings. The SMILES string of the molecule is O=C1CCC(N2C(=O)c3ccc(F)c(N4C[C@H]5CC[C@@H](C4)N5)c3C2=O)C(=O)N1. The molecule has 3 atom stereocenters. The summed E-state index contributed by atoms with van der Waals surface area (Å²) >= 11 is 0. The van der Waals surface area contributed by atoms with E-state index >= 15 is 0 Å². The van der Waals surface area contributed by atoms with Crippen LogP contribution in [0.15, 0.2) is 12.1 Å². The number of carbonyl (C=O) groups is 4. The number of benzene rings is 1. The van der Waals surface area contributed by atoms with Crippen molar-refractivity contribution in [3.05, 3.63) is 29.1 Å².